The maximum atomic E-state index is 13.5. The number of hydrogen-bond acceptors (Lipinski definition) is 14. The minimum Gasteiger partial charge on any atom is -0.450 e. The third-order valence-electron chi connectivity index (χ3n) is 10.8. The van der Waals surface area contributed by atoms with Gasteiger partial charge in [-0.1, -0.05) is 64.2 Å². The molecule has 1 aromatic rings. The van der Waals surface area contributed by atoms with Gasteiger partial charge in [-0.15, -0.1) is 0 Å². The summed E-state index contributed by atoms with van der Waals surface area (Å²) in [6.07, 6.45) is -10.4. The van der Waals surface area contributed by atoms with Crippen LogP contribution in [0.5, 0.6) is 0 Å². The van der Waals surface area contributed by atoms with Crippen LogP contribution in [-0.2, 0) is 33.2 Å². The highest BCUT2D eigenvalue weighted by atomic mass is 16.7. The molecule has 1 aromatic carbocycles. The van der Waals surface area contributed by atoms with Crippen LogP contribution in [0.3, 0.4) is 0 Å². The lowest BCUT2D eigenvalue weighted by Gasteiger charge is -2.48. The molecule has 1 amide bonds. The van der Waals surface area contributed by atoms with Crippen LogP contribution < -0.4 is 5.48 Å². The van der Waals surface area contributed by atoms with Crippen molar-refractivity contribution in [3.63, 3.8) is 0 Å². The number of nitrogens with one attached hydrogen (secondary N) is 1. The molecule has 15 atom stereocenters. The van der Waals surface area contributed by atoms with Gasteiger partial charge in [0.2, 0.25) is 0 Å². The molecule has 15 heteroatoms. The van der Waals surface area contributed by atoms with E-state index in [4.69, 9.17) is 28.4 Å². The highest BCUT2D eigenvalue weighted by Crippen LogP contribution is 2.39. The van der Waals surface area contributed by atoms with E-state index in [1.165, 1.54) is 0 Å². The zero-order valence-corrected chi connectivity index (χ0v) is 29.4. The van der Waals surface area contributed by atoms with Crippen LogP contribution in [0.1, 0.15) is 82.5 Å². The predicted molar refractivity (Wildman–Crippen MR) is 177 cm³/mol. The Hall–Kier alpha value is -2.28. The van der Waals surface area contributed by atoms with E-state index in [-0.39, 0.29) is 29.7 Å². The van der Waals surface area contributed by atoms with E-state index < -0.39 is 98.2 Å². The number of rotatable bonds is 12. The molecule has 0 radical (unpaired) electrons. The minimum absolute atomic E-state index is 0.117. The van der Waals surface area contributed by atoms with Crippen molar-refractivity contribution in [2.24, 2.45) is 17.8 Å². The summed E-state index contributed by atoms with van der Waals surface area (Å²) >= 11 is 0. The molecule has 288 valence electrons. The van der Waals surface area contributed by atoms with Gasteiger partial charge in [0.25, 0.3) is 5.91 Å². The SMILES string of the molecule is CC1CC(C)C(OC2OC(C)C(O)C(O)C2O)C(OC2OC(CO)C(O)C(O[C@@H](CC3CCCCC3)C(=O)NO)C2OC(=O)c2ccccc2)C1. The minimum atomic E-state index is -1.58. The average Bonchev–Trinajstić information content (AvgIpc) is 3.13. The van der Waals surface area contributed by atoms with Crippen molar-refractivity contribution in [2.45, 2.75) is 152 Å². The molecule has 5 rings (SSSR count). The number of aliphatic hydroxyl groups excluding tert-OH is 5. The van der Waals surface area contributed by atoms with Crippen LogP contribution in [0.25, 0.3) is 0 Å². The highest BCUT2D eigenvalue weighted by molar-refractivity contribution is 5.89. The largest absolute Gasteiger partial charge is 0.450 e. The molecule has 15 nitrogen and oxygen atoms in total. The van der Waals surface area contributed by atoms with Crippen molar-refractivity contribution in [1.29, 1.82) is 0 Å². The summed E-state index contributed by atoms with van der Waals surface area (Å²) in [5, 5.41) is 62.9. The van der Waals surface area contributed by atoms with E-state index in [0.29, 0.717) is 6.42 Å². The van der Waals surface area contributed by atoms with Crippen LogP contribution >= 0.6 is 0 Å². The van der Waals surface area contributed by atoms with Gasteiger partial charge in [0.1, 0.15) is 42.7 Å². The monoisotopic (exact) mass is 725 g/mol. The van der Waals surface area contributed by atoms with Crippen molar-refractivity contribution >= 4 is 11.9 Å². The smallest absolute Gasteiger partial charge is 0.338 e. The van der Waals surface area contributed by atoms with Gasteiger partial charge in [-0.2, -0.15) is 0 Å². The van der Waals surface area contributed by atoms with Crippen LogP contribution in [0.2, 0.25) is 0 Å². The predicted octanol–water partition coefficient (Wildman–Crippen LogP) is 1.18. The summed E-state index contributed by atoms with van der Waals surface area (Å²) in [7, 11) is 0. The lowest BCUT2D eigenvalue weighted by atomic mass is 9.79. The van der Waals surface area contributed by atoms with Gasteiger partial charge in [-0.3, -0.25) is 10.0 Å². The van der Waals surface area contributed by atoms with Crippen molar-refractivity contribution < 1.29 is 68.8 Å². The molecule has 4 aliphatic rings. The molecule has 4 fully saturated rings. The van der Waals surface area contributed by atoms with E-state index in [1.54, 1.807) is 42.7 Å². The molecule has 7 N–H and O–H groups in total. The maximum Gasteiger partial charge on any atom is 0.338 e. The molecule has 2 saturated heterocycles. The Morgan fingerprint density at radius 2 is 1.55 bits per heavy atom. The Labute approximate surface area is 298 Å². The van der Waals surface area contributed by atoms with Gasteiger partial charge >= 0.3 is 5.97 Å². The fourth-order valence-corrected chi connectivity index (χ4v) is 7.98. The first-order chi connectivity index (χ1) is 24.4. The average molecular weight is 726 g/mol. The molecular formula is C36H55NO14. The Kier molecular flexibility index (Phi) is 14.2. The highest BCUT2D eigenvalue weighted by Gasteiger charge is 2.53. The molecule has 0 bridgehead atoms. The first kappa shape index (κ1) is 39.9. The van der Waals surface area contributed by atoms with Crippen LogP contribution in [-0.4, -0.2) is 129 Å². The molecule has 2 saturated carbocycles. The van der Waals surface area contributed by atoms with Gasteiger partial charge in [-0.25, -0.2) is 10.3 Å². The van der Waals surface area contributed by atoms with Gasteiger partial charge in [0.15, 0.2) is 18.7 Å². The summed E-state index contributed by atoms with van der Waals surface area (Å²) in [5.74, 6) is -1.54. The number of ether oxygens (including phenoxy) is 6. The van der Waals surface area contributed by atoms with Gasteiger partial charge < -0.3 is 54.0 Å². The molecule has 2 aliphatic carbocycles. The number of amides is 1. The van der Waals surface area contributed by atoms with Gasteiger partial charge in [-0.05, 0) is 56.1 Å². The molecule has 0 spiro atoms. The van der Waals surface area contributed by atoms with Crippen LogP contribution in [0.15, 0.2) is 30.3 Å². The molecule has 0 aromatic heterocycles. The number of carbonyl (C=O) groups is 2. The lowest BCUT2D eigenvalue weighted by molar-refractivity contribution is -0.349. The van der Waals surface area contributed by atoms with Crippen LogP contribution in [0, 0.1) is 17.8 Å². The number of carbonyl (C=O) groups excluding carboxylic acids is 2. The van der Waals surface area contributed by atoms with Crippen molar-refractivity contribution in [2.75, 3.05) is 6.61 Å². The second kappa shape index (κ2) is 18.2. The van der Waals surface area contributed by atoms with Gasteiger partial charge in [0.05, 0.1) is 30.5 Å². The summed E-state index contributed by atoms with van der Waals surface area (Å²) in [5.41, 5.74) is 1.86. The van der Waals surface area contributed by atoms with Crippen LogP contribution in [0.4, 0.5) is 0 Å². The summed E-state index contributed by atoms with van der Waals surface area (Å²) in [6.45, 7) is 4.85. The number of esters is 1. The zero-order chi connectivity index (χ0) is 36.8. The molecular weight excluding hydrogens is 670 g/mol. The summed E-state index contributed by atoms with van der Waals surface area (Å²) in [6, 6.07) is 8.14. The first-order valence-electron chi connectivity index (χ1n) is 18.2. The van der Waals surface area contributed by atoms with Crippen molar-refractivity contribution in [3.8, 4) is 0 Å². The quantitative estimate of drug-likeness (QED) is 0.0914. The molecule has 2 aliphatic heterocycles. The van der Waals surface area contributed by atoms with E-state index in [1.807, 2.05) is 13.8 Å². The third-order valence-corrected chi connectivity index (χ3v) is 10.8. The second-order valence-corrected chi connectivity index (χ2v) is 14.8. The normalized spacial score (nSPS) is 39.9. The molecule has 2 heterocycles. The fourth-order valence-electron chi connectivity index (χ4n) is 7.98. The number of aliphatic hydroxyl groups is 5. The Morgan fingerprint density at radius 1 is 0.843 bits per heavy atom. The van der Waals surface area contributed by atoms with E-state index in [9.17, 15) is 40.3 Å². The Morgan fingerprint density at radius 3 is 2.22 bits per heavy atom. The summed E-state index contributed by atoms with van der Waals surface area (Å²) < 4.78 is 37.0. The number of hydrogen-bond donors (Lipinski definition) is 7. The van der Waals surface area contributed by atoms with E-state index in [0.717, 1.165) is 38.5 Å². The molecule has 14 unspecified atom stereocenters. The van der Waals surface area contributed by atoms with Crippen molar-refractivity contribution in [1.82, 2.24) is 5.48 Å². The first-order valence-corrected chi connectivity index (χ1v) is 18.2. The number of benzene rings is 1. The van der Waals surface area contributed by atoms with E-state index >= 15 is 0 Å². The maximum absolute atomic E-state index is 13.5. The van der Waals surface area contributed by atoms with E-state index in [2.05, 4.69) is 0 Å². The Balaban J connectivity index is 1.45. The van der Waals surface area contributed by atoms with Gasteiger partial charge in [0, 0.05) is 0 Å². The Bertz CT molecular complexity index is 1250. The topological polar surface area (TPSA) is 223 Å². The second-order valence-electron chi connectivity index (χ2n) is 14.8. The summed E-state index contributed by atoms with van der Waals surface area (Å²) in [4.78, 5) is 26.5. The molecule has 51 heavy (non-hydrogen) atoms. The lowest BCUT2D eigenvalue weighted by Crippen LogP contribution is -2.64. The zero-order valence-electron chi connectivity index (χ0n) is 29.4. The van der Waals surface area contributed by atoms with Crippen molar-refractivity contribution in [3.05, 3.63) is 35.9 Å². The third kappa shape index (κ3) is 9.64. The standard InChI is InChI=1S/C36H55NO14/c1-18-14-19(2)30(51-35-29(42)28(41)26(39)20(3)46-35)23(15-18)48-36-32(50-34(44)22-12-8-5-9-13-22)31(27(40)25(17-38)49-36)47-24(33(43)37-45)16-21-10-6-4-7-11-21/h5,8-9,12-13,18-21,23-32,35-36,38-42,45H,4,6-7,10-11,14-17H2,1-3H3,(H,37,43)/t18?,19?,20?,23?,24-,25?,26?,27?,28?,29?,30?,31?,32?,35?,36?/m0/s1. The fraction of sp³-hybridized carbons (Fsp3) is 0.778. The number of hydroxylamine groups is 1.